The van der Waals surface area contributed by atoms with E-state index in [1.54, 1.807) is 0 Å². The smallest absolute Gasteiger partial charge is 0.0594 e. The van der Waals surface area contributed by atoms with Crippen LogP contribution in [0, 0.1) is 0 Å². The summed E-state index contributed by atoms with van der Waals surface area (Å²) in [5, 5.41) is 5.62. The fourth-order valence-corrected chi connectivity index (χ4v) is 3.64. The fraction of sp³-hybridized carbons (Fsp3) is 0.692. The molecule has 0 amide bonds. The highest BCUT2D eigenvalue weighted by molar-refractivity contribution is 7.10. The molecular formula is C13H22N2OS. The molecule has 1 aromatic rings. The third kappa shape index (κ3) is 2.71. The molecule has 2 rings (SSSR count). The van der Waals surface area contributed by atoms with Gasteiger partial charge in [0, 0.05) is 23.5 Å². The van der Waals surface area contributed by atoms with Gasteiger partial charge in [-0.25, -0.2) is 0 Å². The number of ether oxygens (including phenoxy) is 1. The van der Waals surface area contributed by atoms with Crippen LogP contribution in [0.1, 0.15) is 24.8 Å². The summed E-state index contributed by atoms with van der Waals surface area (Å²) in [4.78, 5) is 3.93. The van der Waals surface area contributed by atoms with Crippen LogP contribution in [-0.4, -0.2) is 43.8 Å². The number of hydrogen-bond donors (Lipinski definition) is 1. The Morgan fingerprint density at radius 2 is 2.12 bits per heavy atom. The molecule has 0 bridgehead atoms. The van der Waals surface area contributed by atoms with Crippen molar-refractivity contribution >= 4 is 11.3 Å². The van der Waals surface area contributed by atoms with E-state index < -0.39 is 0 Å². The van der Waals surface area contributed by atoms with Gasteiger partial charge >= 0.3 is 0 Å². The number of morpholine rings is 1. The van der Waals surface area contributed by atoms with Gasteiger partial charge in [0.15, 0.2) is 0 Å². The molecule has 0 aromatic carbocycles. The Bertz CT molecular complexity index is 331. The highest BCUT2D eigenvalue weighted by Crippen LogP contribution is 2.33. The van der Waals surface area contributed by atoms with E-state index >= 15 is 0 Å². The molecule has 1 saturated heterocycles. The van der Waals surface area contributed by atoms with Crippen molar-refractivity contribution < 1.29 is 4.74 Å². The molecule has 2 heterocycles. The maximum absolute atomic E-state index is 5.44. The monoisotopic (exact) mass is 254 g/mol. The topological polar surface area (TPSA) is 24.5 Å². The van der Waals surface area contributed by atoms with Gasteiger partial charge in [-0.2, -0.15) is 0 Å². The highest BCUT2D eigenvalue weighted by Gasteiger charge is 2.36. The minimum atomic E-state index is 0.114. The van der Waals surface area contributed by atoms with E-state index in [1.165, 1.54) is 4.88 Å². The molecule has 1 fully saturated rings. The lowest BCUT2D eigenvalue weighted by molar-refractivity contribution is -0.0224. The van der Waals surface area contributed by atoms with Crippen molar-refractivity contribution in [3.63, 3.8) is 0 Å². The Morgan fingerprint density at radius 3 is 2.65 bits per heavy atom. The Hall–Kier alpha value is -0.420. The van der Waals surface area contributed by atoms with Crippen LogP contribution in [-0.2, 0) is 4.74 Å². The van der Waals surface area contributed by atoms with E-state index in [0.29, 0.717) is 6.04 Å². The molecule has 1 atom stereocenters. The lowest BCUT2D eigenvalue weighted by atomic mass is 9.90. The van der Waals surface area contributed by atoms with Gasteiger partial charge in [-0.1, -0.05) is 6.07 Å². The van der Waals surface area contributed by atoms with E-state index in [1.807, 2.05) is 18.4 Å². The predicted octanol–water partition coefficient (Wildman–Crippen LogP) is 2.12. The first-order valence-corrected chi connectivity index (χ1v) is 7.07. The largest absolute Gasteiger partial charge is 0.379 e. The predicted molar refractivity (Wildman–Crippen MR) is 72.6 cm³/mol. The second-order valence-corrected chi connectivity index (χ2v) is 5.97. The van der Waals surface area contributed by atoms with Gasteiger partial charge in [-0.3, -0.25) is 4.90 Å². The van der Waals surface area contributed by atoms with E-state index in [0.717, 1.165) is 26.3 Å². The van der Waals surface area contributed by atoms with Crippen molar-refractivity contribution in [2.24, 2.45) is 0 Å². The van der Waals surface area contributed by atoms with Crippen LogP contribution in [0.15, 0.2) is 17.5 Å². The molecule has 17 heavy (non-hydrogen) atoms. The zero-order valence-corrected chi connectivity index (χ0v) is 11.7. The maximum Gasteiger partial charge on any atom is 0.0594 e. The zero-order chi connectivity index (χ0) is 12.3. The summed E-state index contributed by atoms with van der Waals surface area (Å²) < 4.78 is 5.44. The molecule has 1 aliphatic rings. The molecule has 1 aromatic heterocycles. The summed E-state index contributed by atoms with van der Waals surface area (Å²) in [6.07, 6.45) is 0. The molecule has 3 nitrogen and oxygen atoms in total. The lowest BCUT2D eigenvalue weighted by Crippen LogP contribution is -2.55. The Kier molecular flexibility index (Phi) is 4.20. The van der Waals surface area contributed by atoms with Crippen LogP contribution in [0.5, 0.6) is 0 Å². The maximum atomic E-state index is 5.44. The molecule has 0 spiro atoms. The molecule has 1 unspecified atom stereocenters. The number of nitrogens with one attached hydrogen (secondary N) is 1. The number of hydrogen-bond acceptors (Lipinski definition) is 4. The van der Waals surface area contributed by atoms with Crippen molar-refractivity contribution in [2.75, 3.05) is 33.4 Å². The summed E-state index contributed by atoms with van der Waals surface area (Å²) >= 11 is 1.83. The normalized spacial score (nSPS) is 20.4. The Labute approximate surface area is 108 Å². The highest BCUT2D eigenvalue weighted by atomic mass is 32.1. The molecule has 0 saturated carbocycles. The molecule has 0 radical (unpaired) electrons. The molecule has 1 aliphatic heterocycles. The average Bonchev–Trinajstić information content (AvgIpc) is 2.84. The summed E-state index contributed by atoms with van der Waals surface area (Å²) in [6.45, 7) is 8.39. The van der Waals surface area contributed by atoms with Crippen molar-refractivity contribution in [3.05, 3.63) is 22.4 Å². The van der Waals surface area contributed by atoms with Gasteiger partial charge in [0.2, 0.25) is 0 Å². The van der Waals surface area contributed by atoms with Gasteiger partial charge in [0.05, 0.1) is 19.3 Å². The van der Waals surface area contributed by atoms with Crippen molar-refractivity contribution in [2.45, 2.75) is 25.4 Å². The second-order valence-electron chi connectivity index (χ2n) is 4.99. The molecule has 1 N–H and O–H groups in total. The van der Waals surface area contributed by atoms with Gasteiger partial charge in [0.1, 0.15) is 0 Å². The summed E-state index contributed by atoms with van der Waals surface area (Å²) in [5.41, 5.74) is 0.114. The minimum absolute atomic E-state index is 0.114. The fourth-order valence-electron chi connectivity index (χ4n) is 2.62. The first kappa shape index (κ1) is 13.0. The molecule has 4 heteroatoms. The molecule has 96 valence electrons. The van der Waals surface area contributed by atoms with Crippen LogP contribution in [0.3, 0.4) is 0 Å². The third-order valence-electron chi connectivity index (χ3n) is 3.65. The second kappa shape index (κ2) is 5.48. The summed E-state index contributed by atoms with van der Waals surface area (Å²) in [6, 6.07) is 4.72. The summed E-state index contributed by atoms with van der Waals surface area (Å²) in [5.74, 6) is 0. The average molecular weight is 254 g/mol. The summed E-state index contributed by atoms with van der Waals surface area (Å²) in [7, 11) is 2.05. The van der Waals surface area contributed by atoms with Gasteiger partial charge in [0.25, 0.3) is 0 Å². The van der Waals surface area contributed by atoms with E-state index in [2.05, 4.69) is 41.6 Å². The first-order chi connectivity index (χ1) is 8.16. The van der Waals surface area contributed by atoms with Crippen LogP contribution in [0.25, 0.3) is 0 Å². The van der Waals surface area contributed by atoms with Crippen LogP contribution in [0.2, 0.25) is 0 Å². The zero-order valence-electron chi connectivity index (χ0n) is 10.9. The van der Waals surface area contributed by atoms with Crippen LogP contribution in [0.4, 0.5) is 0 Å². The van der Waals surface area contributed by atoms with Gasteiger partial charge in [-0.05, 0) is 32.3 Å². The van der Waals surface area contributed by atoms with E-state index in [9.17, 15) is 0 Å². The van der Waals surface area contributed by atoms with Gasteiger partial charge in [-0.15, -0.1) is 11.3 Å². The Morgan fingerprint density at radius 1 is 1.41 bits per heavy atom. The SMILES string of the molecule is CNC(c1cccs1)C(C)(C)N1CCOCC1. The Balaban J connectivity index is 2.16. The van der Waals surface area contributed by atoms with Crippen LogP contribution < -0.4 is 5.32 Å². The van der Waals surface area contributed by atoms with Crippen molar-refractivity contribution in [1.29, 1.82) is 0 Å². The number of thiophene rings is 1. The molecular weight excluding hydrogens is 232 g/mol. The molecule has 0 aliphatic carbocycles. The standard InChI is InChI=1S/C13H22N2OS/c1-13(2,15-6-8-16-9-7-15)12(14-3)11-5-4-10-17-11/h4-5,10,12,14H,6-9H2,1-3H3. The number of rotatable bonds is 4. The van der Waals surface area contributed by atoms with E-state index in [-0.39, 0.29) is 5.54 Å². The van der Waals surface area contributed by atoms with Crippen molar-refractivity contribution in [3.8, 4) is 0 Å². The van der Waals surface area contributed by atoms with Crippen LogP contribution >= 0.6 is 11.3 Å². The van der Waals surface area contributed by atoms with Crippen molar-refractivity contribution in [1.82, 2.24) is 10.2 Å². The van der Waals surface area contributed by atoms with E-state index in [4.69, 9.17) is 4.74 Å². The number of nitrogens with zero attached hydrogens (tertiary/aromatic N) is 1. The quantitative estimate of drug-likeness (QED) is 0.891. The third-order valence-corrected chi connectivity index (χ3v) is 4.59. The lowest BCUT2D eigenvalue weighted by Gasteiger charge is -2.45. The first-order valence-electron chi connectivity index (χ1n) is 6.19. The van der Waals surface area contributed by atoms with Gasteiger partial charge < -0.3 is 10.1 Å². The number of likely N-dealkylation sites (N-methyl/N-ethyl adjacent to an activating group) is 1. The minimum Gasteiger partial charge on any atom is -0.379 e.